The predicted molar refractivity (Wildman–Crippen MR) is 122 cm³/mol. The van der Waals surface area contributed by atoms with Gasteiger partial charge in [-0.3, -0.25) is 4.79 Å². The minimum atomic E-state index is -0.326. The molecule has 0 saturated carbocycles. The number of hydrogen-bond donors (Lipinski definition) is 1. The van der Waals surface area contributed by atoms with Crippen molar-refractivity contribution in [3.63, 3.8) is 0 Å². The van der Waals surface area contributed by atoms with Crippen molar-refractivity contribution in [3.05, 3.63) is 58.6 Å². The molecule has 7 nitrogen and oxygen atoms in total. The minimum absolute atomic E-state index is 0.140. The molecule has 0 radical (unpaired) electrons. The average Bonchev–Trinajstić information content (AvgIpc) is 3.39. The number of aryl methyl sites for hydroxylation is 1. The molecule has 0 fully saturated rings. The maximum atomic E-state index is 13.2. The maximum Gasteiger partial charge on any atom is 0.235 e. The topological polar surface area (TPSA) is 96.5 Å². The Morgan fingerprint density at radius 3 is 2.88 bits per heavy atom. The summed E-state index contributed by atoms with van der Waals surface area (Å²) in [6, 6.07) is 8.23. The third-order valence-electron chi connectivity index (χ3n) is 5.28. The van der Waals surface area contributed by atoms with Crippen LogP contribution in [0.2, 0.25) is 0 Å². The van der Waals surface area contributed by atoms with Gasteiger partial charge >= 0.3 is 0 Å². The molecule has 3 heterocycles. The van der Waals surface area contributed by atoms with Crippen LogP contribution < -0.4 is 5.32 Å². The normalized spacial score (nSPS) is 13.0. The van der Waals surface area contributed by atoms with E-state index in [-0.39, 0.29) is 17.5 Å². The highest BCUT2D eigenvalue weighted by Gasteiger charge is 2.22. The Hall–Kier alpha value is -3.29. The number of hydrogen-bond acceptors (Lipinski definition) is 7. The van der Waals surface area contributed by atoms with E-state index in [9.17, 15) is 14.4 Å². The van der Waals surface area contributed by atoms with Crippen LogP contribution in [0.3, 0.4) is 0 Å². The molecular weight excluding hydrogens is 447 g/mol. The second-order valence-corrected chi connectivity index (χ2v) is 9.38. The molecule has 0 bridgehead atoms. The van der Waals surface area contributed by atoms with Crippen LogP contribution in [0, 0.1) is 17.1 Å². The van der Waals surface area contributed by atoms with Gasteiger partial charge < -0.3 is 5.32 Å². The number of nitriles is 1. The Morgan fingerprint density at radius 1 is 1.25 bits per heavy atom. The van der Waals surface area contributed by atoms with Crippen molar-refractivity contribution >= 4 is 45.0 Å². The van der Waals surface area contributed by atoms with Crippen LogP contribution in [0.4, 0.5) is 9.39 Å². The van der Waals surface area contributed by atoms with E-state index in [1.165, 1.54) is 46.4 Å². The van der Waals surface area contributed by atoms with Gasteiger partial charge in [-0.1, -0.05) is 11.8 Å². The second-order valence-electron chi connectivity index (χ2n) is 7.31. The lowest BCUT2D eigenvalue weighted by Gasteiger charge is -2.09. The standard InChI is InChI=1S/C22H17FN6OS2/c23-13-5-7-14(8-6-13)29-20-17(10-27-29)21(26-12-25-20)31-11-19(30)28-22-16(9-24)15-3-1-2-4-18(15)32-22/h5-8,10,12H,1-4,11H2,(H,28,30). The summed E-state index contributed by atoms with van der Waals surface area (Å²) in [5.74, 6) is -0.377. The first-order chi connectivity index (χ1) is 15.6. The fraction of sp³-hybridized carbons (Fsp3) is 0.227. The van der Waals surface area contributed by atoms with E-state index in [4.69, 9.17) is 0 Å². The molecule has 0 aliphatic heterocycles. The van der Waals surface area contributed by atoms with Crippen LogP contribution in [0.15, 0.2) is 41.8 Å². The molecule has 0 spiro atoms. The number of thioether (sulfide) groups is 1. The van der Waals surface area contributed by atoms with Gasteiger partial charge in [0, 0.05) is 4.88 Å². The van der Waals surface area contributed by atoms with Gasteiger partial charge in [-0.25, -0.2) is 19.0 Å². The van der Waals surface area contributed by atoms with Crippen molar-refractivity contribution in [2.24, 2.45) is 0 Å². The molecule has 4 aromatic rings. The highest BCUT2D eigenvalue weighted by molar-refractivity contribution is 8.00. The van der Waals surface area contributed by atoms with E-state index >= 15 is 0 Å². The first-order valence-electron chi connectivity index (χ1n) is 10.1. The minimum Gasteiger partial charge on any atom is -0.316 e. The van der Waals surface area contributed by atoms with E-state index in [1.54, 1.807) is 23.0 Å². The highest BCUT2D eigenvalue weighted by Crippen LogP contribution is 2.37. The molecule has 0 unspecified atom stereocenters. The average molecular weight is 465 g/mol. The fourth-order valence-corrected chi connectivity index (χ4v) is 5.79. The molecule has 3 aromatic heterocycles. The monoisotopic (exact) mass is 464 g/mol. The maximum absolute atomic E-state index is 13.2. The van der Waals surface area contributed by atoms with Crippen LogP contribution in [0.5, 0.6) is 0 Å². The number of thiophene rings is 1. The molecule has 1 aromatic carbocycles. The van der Waals surface area contributed by atoms with Gasteiger partial charge in [-0.2, -0.15) is 10.4 Å². The number of nitrogens with one attached hydrogen (secondary N) is 1. The van der Waals surface area contributed by atoms with Gasteiger partial charge in [0.05, 0.1) is 28.6 Å². The van der Waals surface area contributed by atoms with Crippen LogP contribution in [0.1, 0.15) is 28.8 Å². The summed E-state index contributed by atoms with van der Waals surface area (Å²) in [4.78, 5) is 22.4. The van der Waals surface area contributed by atoms with Crippen molar-refractivity contribution in [3.8, 4) is 11.8 Å². The van der Waals surface area contributed by atoms with Crippen LogP contribution in [-0.4, -0.2) is 31.4 Å². The Bertz CT molecular complexity index is 1360. The van der Waals surface area contributed by atoms with Crippen molar-refractivity contribution in [1.82, 2.24) is 19.7 Å². The Labute approximate surface area is 191 Å². The molecular formula is C22H17FN6OS2. The number of halogens is 1. The van der Waals surface area contributed by atoms with Crippen molar-refractivity contribution in [2.45, 2.75) is 30.7 Å². The summed E-state index contributed by atoms with van der Waals surface area (Å²) in [6.07, 6.45) is 7.13. The lowest BCUT2D eigenvalue weighted by molar-refractivity contribution is -0.113. The lowest BCUT2D eigenvalue weighted by atomic mass is 9.96. The second kappa shape index (κ2) is 8.68. The molecule has 160 valence electrons. The van der Waals surface area contributed by atoms with Gasteiger partial charge in [0.25, 0.3) is 0 Å². The molecule has 0 saturated heterocycles. The molecule has 10 heteroatoms. The molecule has 1 aliphatic carbocycles. The van der Waals surface area contributed by atoms with Crippen molar-refractivity contribution < 1.29 is 9.18 Å². The number of aromatic nitrogens is 4. The lowest BCUT2D eigenvalue weighted by Crippen LogP contribution is -2.14. The summed E-state index contributed by atoms with van der Waals surface area (Å²) in [5, 5.41) is 18.8. The van der Waals surface area contributed by atoms with Crippen LogP contribution in [-0.2, 0) is 17.6 Å². The molecule has 1 N–H and O–H groups in total. The van der Waals surface area contributed by atoms with Crippen molar-refractivity contribution in [2.75, 3.05) is 11.1 Å². The number of fused-ring (bicyclic) bond motifs is 2. The number of nitrogens with zero attached hydrogens (tertiary/aromatic N) is 5. The van der Waals surface area contributed by atoms with E-state index in [0.29, 0.717) is 32.3 Å². The Balaban J connectivity index is 1.33. The first-order valence-corrected chi connectivity index (χ1v) is 11.9. The number of carbonyl (C=O) groups is 1. The first kappa shape index (κ1) is 20.6. The van der Waals surface area contributed by atoms with Gasteiger partial charge in [0.1, 0.15) is 28.2 Å². The quantitative estimate of drug-likeness (QED) is 0.345. The summed E-state index contributed by atoms with van der Waals surface area (Å²) in [7, 11) is 0. The number of anilines is 1. The van der Waals surface area contributed by atoms with Gasteiger partial charge in [0.2, 0.25) is 5.91 Å². The van der Waals surface area contributed by atoms with Gasteiger partial charge in [0.15, 0.2) is 5.65 Å². The molecule has 0 atom stereocenters. The van der Waals surface area contributed by atoms with Crippen LogP contribution in [0.25, 0.3) is 16.7 Å². The fourth-order valence-electron chi connectivity index (χ4n) is 3.78. The van der Waals surface area contributed by atoms with E-state index in [1.807, 2.05) is 0 Å². The summed E-state index contributed by atoms with van der Waals surface area (Å²) in [5.41, 5.74) is 2.96. The number of benzene rings is 1. The zero-order chi connectivity index (χ0) is 22.1. The zero-order valence-corrected chi connectivity index (χ0v) is 18.5. The third-order valence-corrected chi connectivity index (χ3v) is 7.49. The van der Waals surface area contributed by atoms with E-state index < -0.39 is 0 Å². The van der Waals surface area contributed by atoms with Gasteiger partial charge in [-0.15, -0.1) is 11.3 Å². The smallest absolute Gasteiger partial charge is 0.235 e. The summed E-state index contributed by atoms with van der Waals surface area (Å²) < 4.78 is 14.8. The summed E-state index contributed by atoms with van der Waals surface area (Å²) >= 11 is 2.79. The SMILES string of the molecule is N#Cc1c(NC(=O)CSc2ncnc3c2cnn3-c2ccc(F)cc2)sc2c1CCCC2. The number of rotatable bonds is 5. The Kier molecular flexibility index (Phi) is 5.59. The third kappa shape index (κ3) is 3.85. The molecule has 1 aliphatic rings. The largest absolute Gasteiger partial charge is 0.316 e. The van der Waals surface area contributed by atoms with Crippen LogP contribution >= 0.6 is 23.1 Å². The van der Waals surface area contributed by atoms with Gasteiger partial charge in [-0.05, 0) is 55.5 Å². The molecule has 5 rings (SSSR count). The number of carbonyl (C=O) groups excluding carboxylic acids is 1. The highest BCUT2D eigenvalue weighted by atomic mass is 32.2. The summed E-state index contributed by atoms with van der Waals surface area (Å²) in [6.45, 7) is 0. The Morgan fingerprint density at radius 2 is 2.06 bits per heavy atom. The molecule has 1 amide bonds. The zero-order valence-electron chi connectivity index (χ0n) is 16.8. The van der Waals surface area contributed by atoms with E-state index in [0.717, 1.165) is 31.2 Å². The van der Waals surface area contributed by atoms with E-state index in [2.05, 4.69) is 26.5 Å². The predicted octanol–water partition coefficient (Wildman–Crippen LogP) is 4.50. The number of amides is 1. The molecule has 32 heavy (non-hydrogen) atoms. The van der Waals surface area contributed by atoms with Crippen molar-refractivity contribution in [1.29, 1.82) is 5.26 Å².